The van der Waals surface area contributed by atoms with Crippen LogP contribution in [0, 0.1) is 0 Å². The molecule has 6 nitrogen and oxygen atoms in total. The number of aromatic nitrogens is 3. The predicted octanol–water partition coefficient (Wildman–Crippen LogP) is 0.981. The zero-order valence-electron chi connectivity index (χ0n) is 9.72. The van der Waals surface area contributed by atoms with E-state index in [2.05, 4.69) is 15.4 Å². The number of nitrogens with two attached hydrogens (primary N) is 1. The summed E-state index contributed by atoms with van der Waals surface area (Å²) in [5, 5.41) is 6.98. The van der Waals surface area contributed by atoms with Crippen molar-refractivity contribution < 1.29 is 4.79 Å². The summed E-state index contributed by atoms with van der Waals surface area (Å²) in [6.45, 7) is 0.381. The quantitative estimate of drug-likeness (QED) is 0.810. The van der Waals surface area contributed by atoms with Gasteiger partial charge < -0.3 is 11.1 Å². The number of amides is 1. The van der Waals surface area contributed by atoms with Gasteiger partial charge in [0, 0.05) is 25.4 Å². The molecule has 0 unspecified atom stereocenters. The second kappa shape index (κ2) is 5.05. The molecule has 0 atom stereocenters. The molecule has 2 rings (SSSR count). The van der Waals surface area contributed by atoms with Crippen LogP contribution >= 0.6 is 11.6 Å². The molecule has 0 saturated carbocycles. The van der Waals surface area contributed by atoms with Crippen LogP contribution in [0.4, 0.5) is 5.69 Å². The molecule has 0 aliphatic carbocycles. The standard InChI is InChI=1S/C11H12ClN5O/c1-17-6-7(4-16-17)3-15-11(18)8-2-10(12)14-5-9(8)13/h2,4-6H,3,13H2,1H3,(H,15,18). The molecule has 0 aromatic carbocycles. The molecule has 1 amide bonds. The fourth-order valence-electron chi connectivity index (χ4n) is 1.48. The maximum atomic E-state index is 11.9. The second-order valence-corrected chi connectivity index (χ2v) is 4.19. The smallest absolute Gasteiger partial charge is 0.253 e. The van der Waals surface area contributed by atoms with Crippen molar-refractivity contribution in [1.29, 1.82) is 0 Å². The molecule has 0 saturated heterocycles. The number of carbonyl (C=O) groups is 1. The summed E-state index contributed by atoms with van der Waals surface area (Å²) < 4.78 is 1.67. The molecule has 0 spiro atoms. The highest BCUT2D eigenvalue weighted by Crippen LogP contribution is 2.14. The molecular weight excluding hydrogens is 254 g/mol. The summed E-state index contributed by atoms with van der Waals surface area (Å²) in [6.07, 6.45) is 4.87. The first-order valence-corrected chi connectivity index (χ1v) is 5.61. The zero-order valence-corrected chi connectivity index (χ0v) is 10.5. The highest BCUT2D eigenvalue weighted by Gasteiger charge is 2.10. The number of anilines is 1. The lowest BCUT2D eigenvalue weighted by Crippen LogP contribution is -2.23. The van der Waals surface area contributed by atoms with Crippen LogP contribution in [-0.4, -0.2) is 20.7 Å². The van der Waals surface area contributed by atoms with E-state index in [1.54, 1.807) is 10.9 Å². The molecule has 2 heterocycles. The molecule has 3 N–H and O–H groups in total. The lowest BCUT2D eigenvalue weighted by Gasteiger charge is -2.06. The fraction of sp³-hybridized carbons (Fsp3) is 0.182. The lowest BCUT2D eigenvalue weighted by molar-refractivity contribution is 0.0951. The summed E-state index contributed by atoms with van der Waals surface area (Å²) in [5.74, 6) is -0.291. The molecule has 0 aliphatic rings. The molecule has 0 fully saturated rings. The Morgan fingerprint density at radius 3 is 3.00 bits per heavy atom. The van der Waals surface area contributed by atoms with Gasteiger partial charge in [-0.25, -0.2) is 4.98 Å². The van der Waals surface area contributed by atoms with Crippen LogP contribution in [0.15, 0.2) is 24.7 Å². The highest BCUT2D eigenvalue weighted by molar-refractivity contribution is 6.29. The second-order valence-electron chi connectivity index (χ2n) is 3.80. The van der Waals surface area contributed by atoms with Gasteiger partial charge >= 0.3 is 0 Å². The average Bonchev–Trinajstić information content (AvgIpc) is 2.75. The number of hydrogen-bond donors (Lipinski definition) is 2. The van der Waals surface area contributed by atoms with Gasteiger partial charge in [0.25, 0.3) is 5.91 Å². The SMILES string of the molecule is Cn1cc(CNC(=O)c2cc(Cl)ncc2N)cn1. The predicted molar refractivity (Wildman–Crippen MR) is 68.0 cm³/mol. The van der Waals surface area contributed by atoms with Crippen molar-refractivity contribution in [2.75, 3.05) is 5.73 Å². The molecule has 7 heteroatoms. The Morgan fingerprint density at radius 2 is 2.33 bits per heavy atom. The van der Waals surface area contributed by atoms with Crippen LogP contribution in [0.1, 0.15) is 15.9 Å². The maximum absolute atomic E-state index is 11.9. The van der Waals surface area contributed by atoms with Gasteiger partial charge in [0.05, 0.1) is 23.6 Å². The lowest BCUT2D eigenvalue weighted by atomic mass is 10.2. The number of rotatable bonds is 3. The number of carbonyl (C=O) groups excluding carboxylic acids is 1. The Bertz CT molecular complexity index is 581. The molecule has 2 aromatic heterocycles. The minimum Gasteiger partial charge on any atom is -0.397 e. The van der Waals surface area contributed by atoms with Gasteiger partial charge in [0.2, 0.25) is 0 Å². The van der Waals surface area contributed by atoms with Gasteiger partial charge in [-0.2, -0.15) is 5.10 Å². The van der Waals surface area contributed by atoms with Gasteiger partial charge in [0.1, 0.15) is 5.15 Å². The van der Waals surface area contributed by atoms with Crippen molar-refractivity contribution in [3.63, 3.8) is 0 Å². The largest absolute Gasteiger partial charge is 0.397 e. The molecule has 0 radical (unpaired) electrons. The first-order chi connectivity index (χ1) is 8.56. The van der Waals surface area contributed by atoms with Gasteiger partial charge in [-0.1, -0.05) is 11.6 Å². The minimum atomic E-state index is -0.291. The van der Waals surface area contributed by atoms with Gasteiger partial charge in [-0.3, -0.25) is 9.48 Å². The molecule has 0 aliphatic heterocycles. The highest BCUT2D eigenvalue weighted by atomic mass is 35.5. The summed E-state index contributed by atoms with van der Waals surface area (Å²) >= 11 is 5.72. The average molecular weight is 266 g/mol. The van der Waals surface area contributed by atoms with Crippen molar-refractivity contribution in [2.24, 2.45) is 7.05 Å². The summed E-state index contributed by atoms with van der Waals surface area (Å²) in [4.78, 5) is 15.7. The topological polar surface area (TPSA) is 85.8 Å². The Kier molecular flexibility index (Phi) is 3.47. The van der Waals surface area contributed by atoms with Gasteiger partial charge in [0.15, 0.2) is 0 Å². The third kappa shape index (κ3) is 2.78. The van der Waals surface area contributed by atoms with Crippen molar-refractivity contribution in [1.82, 2.24) is 20.1 Å². The molecule has 0 bridgehead atoms. The fourth-order valence-corrected chi connectivity index (χ4v) is 1.64. The number of aryl methyl sites for hydroxylation is 1. The number of nitrogens with one attached hydrogen (secondary N) is 1. The Morgan fingerprint density at radius 1 is 1.56 bits per heavy atom. The first kappa shape index (κ1) is 12.4. The van der Waals surface area contributed by atoms with Crippen molar-refractivity contribution in [2.45, 2.75) is 6.54 Å². The van der Waals surface area contributed by atoms with E-state index in [1.807, 2.05) is 13.2 Å². The van der Waals surface area contributed by atoms with Crippen molar-refractivity contribution in [3.8, 4) is 0 Å². The molecular formula is C11H12ClN5O. The molecule has 18 heavy (non-hydrogen) atoms. The summed E-state index contributed by atoms with van der Waals surface area (Å²) in [7, 11) is 1.81. The first-order valence-electron chi connectivity index (χ1n) is 5.23. The summed E-state index contributed by atoms with van der Waals surface area (Å²) in [5.41, 5.74) is 7.18. The van der Waals surface area contributed by atoms with Crippen molar-refractivity contribution in [3.05, 3.63) is 40.9 Å². The van der Waals surface area contributed by atoms with Crippen LogP contribution in [0.3, 0.4) is 0 Å². The van der Waals surface area contributed by atoms with E-state index in [-0.39, 0.29) is 11.1 Å². The van der Waals surface area contributed by atoms with Crippen LogP contribution in [0.25, 0.3) is 0 Å². The van der Waals surface area contributed by atoms with Crippen LogP contribution in [-0.2, 0) is 13.6 Å². The molecule has 94 valence electrons. The third-order valence-electron chi connectivity index (χ3n) is 2.36. The Hall–Kier alpha value is -2.08. The van der Waals surface area contributed by atoms with E-state index < -0.39 is 0 Å². The number of hydrogen-bond acceptors (Lipinski definition) is 4. The Labute approximate surface area is 109 Å². The third-order valence-corrected chi connectivity index (χ3v) is 2.56. The Balaban J connectivity index is 2.05. The number of halogens is 1. The van der Waals surface area contributed by atoms with Crippen molar-refractivity contribution >= 4 is 23.2 Å². The van der Waals surface area contributed by atoms with Gasteiger partial charge in [-0.05, 0) is 6.07 Å². The number of pyridine rings is 1. The minimum absolute atomic E-state index is 0.232. The van der Waals surface area contributed by atoms with E-state index in [9.17, 15) is 4.79 Å². The van der Waals surface area contributed by atoms with Crippen LogP contribution in [0.5, 0.6) is 0 Å². The van der Waals surface area contributed by atoms with Crippen LogP contribution < -0.4 is 11.1 Å². The van der Waals surface area contributed by atoms with Crippen LogP contribution in [0.2, 0.25) is 5.15 Å². The monoisotopic (exact) mass is 265 g/mol. The van der Waals surface area contributed by atoms with E-state index in [0.29, 0.717) is 17.8 Å². The maximum Gasteiger partial charge on any atom is 0.253 e. The van der Waals surface area contributed by atoms with E-state index in [1.165, 1.54) is 12.3 Å². The van der Waals surface area contributed by atoms with E-state index in [0.717, 1.165) is 5.56 Å². The molecule has 2 aromatic rings. The van der Waals surface area contributed by atoms with Gasteiger partial charge in [-0.15, -0.1) is 0 Å². The summed E-state index contributed by atoms with van der Waals surface area (Å²) in [6, 6.07) is 1.44. The number of nitrogen functional groups attached to an aromatic ring is 1. The van der Waals surface area contributed by atoms with E-state index >= 15 is 0 Å². The van der Waals surface area contributed by atoms with E-state index in [4.69, 9.17) is 17.3 Å². The number of nitrogens with zero attached hydrogens (tertiary/aromatic N) is 3. The zero-order chi connectivity index (χ0) is 13.1. The normalized spacial score (nSPS) is 10.3.